The average Bonchev–Trinajstić information content (AvgIpc) is 3.09. The van der Waals surface area contributed by atoms with E-state index in [4.69, 9.17) is 0 Å². The Hall–Kier alpha value is -1.50. The number of nitrogens with one attached hydrogen (secondary N) is 2. The quantitative estimate of drug-likeness (QED) is 0.558. The number of hydrogen-bond donors (Lipinski definition) is 2. The second kappa shape index (κ2) is 9.44. The van der Waals surface area contributed by atoms with Crippen LogP contribution in [0.15, 0.2) is 23.2 Å². The van der Waals surface area contributed by atoms with Gasteiger partial charge in [0, 0.05) is 42.7 Å². The zero-order valence-corrected chi connectivity index (χ0v) is 16.9. The highest BCUT2D eigenvalue weighted by molar-refractivity contribution is 7.99. The molecule has 0 saturated carbocycles. The first kappa shape index (κ1) is 20.8. The van der Waals surface area contributed by atoms with Gasteiger partial charge in [0.2, 0.25) is 0 Å². The van der Waals surface area contributed by atoms with Gasteiger partial charge in [0.25, 0.3) is 0 Å². The molecule has 1 aliphatic rings. The predicted octanol–water partition coefficient (Wildman–Crippen LogP) is 3.49. The zero-order valence-electron chi connectivity index (χ0n) is 16.1. The van der Waals surface area contributed by atoms with Crippen LogP contribution in [0.3, 0.4) is 0 Å². The predicted molar refractivity (Wildman–Crippen MR) is 108 cm³/mol. The molecule has 1 atom stereocenters. The van der Waals surface area contributed by atoms with Crippen molar-refractivity contribution in [2.24, 2.45) is 10.9 Å². The number of halogens is 2. The van der Waals surface area contributed by atoms with E-state index < -0.39 is 11.6 Å². The summed E-state index contributed by atoms with van der Waals surface area (Å²) >= 11 is 1.80. The molecule has 2 N–H and O–H groups in total. The second-order valence-electron chi connectivity index (χ2n) is 7.24. The van der Waals surface area contributed by atoms with E-state index in [0.29, 0.717) is 5.92 Å². The Labute approximate surface area is 159 Å². The lowest BCUT2D eigenvalue weighted by Crippen LogP contribution is -2.41. The van der Waals surface area contributed by atoms with Crippen molar-refractivity contribution in [3.63, 3.8) is 0 Å². The molecule has 0 bridgehead atoms. The minimum Gasteiger partial charge on any atom is -0.371 e. The molecule has 0 amide bonds. The molecule has 146 valence electrons. The lowest BCUT2D eigenvalue weighted by Gasteiger charge is -2.21. The number of aliphatic imine (C=N–C) groups is 1. The van der Waals surface area contributed by atoms with Crippen LogP contribution in [0, 0.1) is 17.6 Å². The van der Waals surface area contributed by atoms with E-state index in [1.54, 1.807) is 17.8 Å². The van der Waals surface area contributed by atoms with Crippen LogP contribution in [0.4, 0.5) is 14.5 Å². The van der Waals surface area contributed by atoms with Gasteiger partial charge in [0.05, 0.1) is 6.54 Å². The number of hydrogen-bond acceptors (Lipinski definition) is 3. The number of guanidine groups is 1. The fourth-order valence-corrected chi connectivity index (χ4v) is 3.03. The summed E-state index contributed by atoms with van der Waals surface area (Å²) in [6, 6.07) is 4.12. The Bertz CT molecular complexity index is 622. The van der Waals surface area contributed by atoms with E-state index in [1.165, 1.54) is 12.1 Å². The molecule has 1 aliphatic heterocycles. The Morgan fingerprint density at radius 1 is 1.31 bits per heavy atom. The van der Waals surface area contributed by atoms with Gasteiger partial charge in [-0.05, 0) is 51.5 Å². The third-order valence-electron chi connectivity index (χ3n) is 4.63. The van der Waals surface area contributed by atoms with Crippen molar-refractivity contribution in [3.8, 4) is 0 Å². The highest BCUT2D eigenvalue weighted by atomic mass is 32.2. The lowest BCUT2D eigenvalue weighted by molar-refractivity contribution is 0.508. The molecule has 1 aromatic carbocycles. The number of rotatable bonds is 7. The van der Waals surface area contributed by atoms with Crippen LogP contribution < -0.4 is 15.5 Å². The Balaban J connectivity index is 1.88. The first-order valence-corrected chi connectivity index (χ1v) is 10.3. The van der Waals surface area contributed by atoms with Crippen LogP contribution >= 0.6 is 11.8 Å². The highest BCUT2D eigenvalue weighted by Gasteiger charge is 2.23. The third-order valence-corrected chi connectivity index (χ3v) is 5.86. The number of nitrogens with zero attached hydrogens (tertiary/aromatic N) is 2. The van der Waals surface area contributed by atoms with Crippen LogP contribution in [0.2, 0.25) is 0 Å². The fraction of sp³-hybridized carbons (Fsp3) is 0.632. The van der Waals surface area contributed by atoms with Crippen LogP contribution in [0.5, 0.6) is 0 Å². The largest absolute Gasteiger partial charge is 0.371 e. The lowest BCUT2D eigenvalue weighted by atomic mass is 10.1. The van der Waals surface area contributed by atoms with Crippen molar-refractivity contribution in [3.05, 3.63) is 29.8 Å². The van der Waals surface area contributed by atoms with Crippen LogP contribution in [0.1, 0.15) is 27.2 Å². The normalized spacial score (nSPS) is 18.3. The summed E-state index contributed by atoms with van der Waals surface area (Å²) in [5.74, 6) is -0.311. The summed E-state index contributed by atoms with van der Waals surface area (Å²) < 4.78 is 26.7. The monoisotopic (exact) mass is 384 g/mol. The van der Waals surface area contributed by atoms with Gasteiger partial charge in [-0.2, -0.15) is 11.8 Å². The molecule has 0 aromatic heterocycles. The van der Waals surface area contributed by atoms with Crippen molar-refractivity contribution in [1.82, 2.24) is 10.6 Å². The average molecular weight is 385 g/mol. The van der Waals surface area contributed by atoms with Gasteiger partial charge >= 0.3 is 0 Å². The van der Waals surface area contributed by atoms with Crippen molar-refractivity contribution in [1.29, 1.82) is 0 Å². The molecule has 1 unspecified atom stereocenters. The molecular weight excluding hydrogens is 354 g/mol. The highest BCUT2D eigenvalue weighted by Crippen LogP contribution is 2.25. The first-order valence-electron chi connectivity index (χ1n) is 9.12. The summed E-state index contributed by atoms with van der Waals surface area (Å²) in [7, 11) is 0. The molecule has 1 heterocycles. The van der Waals surface area contributed by atoms with E-state index in [2.05, 4.69) is 47.6 Å². The minimum absolute atomic E-state index is 0.110. The fourth-order valence-electron chi connectivity index (χ4n) is 2.83. The molecule has 7 heteroatoms. The van der Waals surface area contributed by atoms with Crippen LogP contribution in [-0.4, -0.2) is 49.7 Å². The van der Waals surface area contributed by atoms with Gasteiger partial charge in [0.15, 0.2) is 17.6 Å². The molecule has 0 aliphatic carbocycles. The molecular formula is C19H30F2N4S. The molecule has 0 spiro atoms. The Kier molecular flexibility index (Phi) is 7.55. The molecule has 1 fully saturated rings. The minimum atomic E-state index is -0.800. The molecule has 0 radical (unpaired) electrons. The Morgan fingerprint density at radius 2 is 2.08 bits per heavy atom. The maximum absolute atomic E-state index is 13.4. The molecule has 2 rings (SSSR count). The summed E-state index contributed by atoms with van der Waals surface area (Å²) in [6.07, 6.45) is 3.11. The van der Waals surface area contributed by atoms with Gasteiger partial charge in [-0.15, -0.1) is 0 Å². The first-order chi connectivity index (χ1) is 12.3. The van der Waals surface area contributed by atoms with Gasteiger partial charge in [-0.3, -0.25) is 4.99 Å². The Morgan fingerprint density at radius 3 is 2.73 bits per heavy atom. The summed E-state index contributed by atoms with van der Waals surface area (Å²) in [5, 5.41) is 6.71. The SMILES string of the molecule is CCNC(=NCC(C)(C)SC)NCC1CCN(c2ccc(F)c(F)c2)C1. The van der Waals surface area contributed by atoms with Gasteiger partial charge < -0.3 is 15.5 Å². The second-order valence-corrected chi connectivity index (χ2v) is 8.75. The van der Waals surface area contributed by atoms with E-state index in [1.807, 2.05) is 0 Å². The van der Waals surface area contributed by atoms with Gasteiger partial charge in [-0.25, -0.2) is 8.78 Å². The zero-order chi connectivity index (χ0) is 19.2. The summed E-state index contributed by atoms with van der Waals surface area (Å²) in [5.41, 5.74) is 0.744. The number of anilines is 1. The third kappa shape index (κ3) is 6.04. The molecule has 1 aromatic rings. The van der Waals surface area contributed by atoms with Gasteiger partial charge in [0.1, 0.15) is 0 Å². The van der Waals surface area contributed by atoms with E-state index in [0.717, 1.165) is 50.8 Å². The number of thioether (sulfide) groups is 1. The number of benzene rings is 1. The van der Waals surface area contributed by atoms with Crippen LogP contribution in [0.25, 0.3) is 0 Å². The maximum Gasteiger partial charge on any atom is 0.191 e. The van der Waals surface area contributed by atoms with E-state index >= 15 is 0 Å². The van der Waals surface area contributed by atoms with Crippen molar-refractivity contribution < 1.29 is 8.78 Å². The van der Waals surface area contributed by atoms with E-state index in [-0.39, 0.29) is 4.75 Å². The smallest absolute Gasteiger partial charge is 0.191 e. The van der Waals surface area contributed by atoms with Crippen LogP contribution in [-0.2, 0) is 0 Å². The standard InChI is InChI=1S/C19H30F2N4S/c1-5-22-18(24-13-19(2,3)26-4)23-11-14-8-9-25(12-14)15-6-7-16(20)17(21)10-15/h6-7,10,14H,5,8-9,11-13H2,1-4H3,(H2,22,23,24). The summed E-state index contributed by atoms with van der Waals surface area (Å²) in [4.78, 5) is 6.79. The van der Waals surface area contributed by atoms with Crippen molar-refractivity contribution in [2.75, 3.05) is 43.9 Å². The topological polar surface area (TPSA) is 39.7 Å². The van der Waals surface area contributed by atoms with E-state index in [9.17, 15) is 8.78 Å². The molecule has 1 saturated heterocycles. The molecule has 4 nitrogen and oxygen atoms in total. The maximum atomic E-state index is 13.4. The van der Waals surface area contributed by atoms with Crippen molar-refractivity contribution >= 4 is 23.4 Å². The molecule has 26 heavy (non-hydrogen) atoms. The van der Waals surface area contributed by atoms with Gasteiger partial charge in [-0.1, -0.05) is 0 Å². The summed E-state index contributed by atoms with van der Waals surface area (Å²) in [6.45, 7) is 10.5. The van der Waals surface area contributed by atoms with Crippen molar-refractivity contribution in [2.45, 2.75) is 31.9 Å².